The normalized spacial score (nSPS) is 14.9. The summed E-state index contributed by atoms with van der Waals surface area (Å²) in [6.45, 7) is -0.408. The molecule has 0 unspecified atom stereocenters. The molecule has 6 nitrogen and oxygen atoms in total. The first kappa shape index (κ1) is 21.0. The summed E-state index contributed by atoms with van der Waals surface area (Å²) in [7, 11) is -3.55. The van der Waals surface area contributed by atoms with Crippen LogP contribution in [0.15, 0.2) is 48.5 Å². The molecule has 1 N–H and O–H groups in total. The van der Waals surface area contributed by atoms with Crippen molar-refractivity contribution in [2.45, 2.75) is 38.0 Å². The number of sulfonamides is 1. The number of hydrogen-bond acceptors (Lipinski definition) is 5. The Bertz CT molecular complexity index is 977. The van der Waals surface area contributed by atoms with Gasteiger partial charge >= 0.3 is 5.97 Å². The minimum atomic E-state index is -3.55. The Labute approximate surface area is 171 Å². The van der Waals surface area contributed by atoms with Gasteiger partial charge in [-0.3, -0.25) is 9.52 Å². The maximum Gasteiger partial charge on any atom is 0.340 e. The smallest absolute Gasteiger partial charge is 0.340 e. The van der Waals surface area contributed by atoms with E-state index in [0.717, 1.165) is 6.26 Å². The van der Waals surface area contributed by atoms with Crippen molar-refractivity contribution < 1.29 is 22.7 Å². The van der Waals surface area contributed by atoms with Gasteiger partial charge in [0.1, 0.15) is 0 Å². The number of nitrogens with one attached hydrogen (secondary N) is 1. The zero-order valence-corrected chi connectivity index (χ0v) is 17.2. The first-order valence-electron chi connectivity index (χ1n) is 9.70. The van der Waals surface area contributed by atoms with Gasteiger partial charge in [0, 0.05) is 5.56 Å². The Hall–Kier alpha value is -2.67. The molecule has 1 aliphatic rings. The van der Waals surface area contributed by atoms with Crippen LogP contribution in [-0.2, 0) is 14.8 Å². The number of carbonyl (C=O) groups excluding carboxylic acids is 2. The summed E-state index contributed by atoms with van der Waals surface area (Å²) in [6.07, 6.45) is 7.16. The van der Waals surface area contributed by atoms with Crippen LogP contribution < -0.4 is 4.72 Å². The van der Waals surface area contributed by atoms with E-state index in [2.05, 4.69) is 4.72 Å². The number of esters is 1. The molecule has 0 aliphatic heterocycles. The predicted molar refractivity (Wildman–Crippen MR) is 112 cm³/mol. The Morgan fingerprint density at radius 2 is 1.66 bits per heavy atom. The van der Waals surface area contributed by atoms with E-state index in [1.165, 1.54) is 49.8 Å². The second-order valence-electron chi connectivity index (χ2n) is 7.38. The number of ether oxygens (including phenoxy) is 1. The van der Waals surface area contributed by atoms with Gasteiger partial charge in [0.25, 0.3) is 0 Å². The van der Waals surface area contributed by atoms with E-state index in [1.54, 1.807) is 24.3 Å². The maximum atomic E-state index is 12.4. The van der Waals surface area contributed by atoms with Gasteiger partial charge < -0.3 is 4.74 Å². The molecule has 0 radical (unpaired) electrons. The second kappa shape index (κ2) is 9.22. The molecule has 0 amide bonds. The third kappa shape index (κ3) is 5.90. The van der Waals surface area contributed by atoms with Crippen LogP contribution >= 0.6 is 0 Å². The van der Waals surface area contributed by atoms with Crippen molar-refractivity contribution in [2.75, 3.05) is 17.6 Å². The quantitative estimate of drug-likeness (QED) is 0.542. The molecule has 1 fully saturated rings. The number of benzene rings is 2. The summed E-state index contributed by atoms with van der Waals surface area (Å²) in [6, 6.07) is 13.6. The monoisotopic (exact) mass is 415 g/mol. The first-order valence-corrected chi connectivity index (χ1v) is 11.6. The zero-order chi connectivity index (χ0) is 20.9. The fraction of sp³-hybridized carbons (Fsp3) is 0.364. The minimum absolute atomic E-state index is 0.0540. The molecule has 1 saturated carbocycles. The average molecular weight is 416 g/mol. The summed E-state index contributed by atoms with van der Waals surface area (Å²) in [4.78, 5) is 24.7. The van der Waals surface area contributed by atoms with Crippen molar-refractivity contribution in [3.05, 3.63) is 65.2 Å². The van der Waals surface area contributed by atoms with E-state index in [-0.39, 0.29) is 17.0 Å². The molecule has 0 bridgehead atoms. The first-order chi connectivity index (χ1) is 13.8. The van der Waals surface area contributed by atoms with Gasteiger partial charge in [0.2, 0.25) is 10.0 Å². The highest BCUT2D eigenvalue weighted by Gasteiger charge is 2.18. The largest absolute Gasteiger partial charge is 0.454 e. The Morgan fingerprint density at radius 3 is 2.31 bits per heavy atom. The van der Waals surface area contributed by atoms with Gasteiger partial charge in [0.15, 0.2) is 12.4 Å². The number of rotatable bonds is 7. The summed E-state index contributed by atoms with van der Waals surface area (Å²) < 4.78 is 30.3. The van der Waals surface area contributed by atoms with Crippen molar-refractivity contribution in [3.8, 4) is 0 Å². The Kier molecular flexibility index (Phi) is 6.69. The van der Waals surface area contributed by atoms with Crippen LogP contribution in [0.25, 0.3) is 0 Å². The van der Waals surface area contributed by atoms with Gasteiger partial charge in [0.05, 0.1) is 17.5 Å². The van der Waals surface area contributed by atoms with Gasteiger partial charge in [-0.1, -0.05) is 55.7 Å². The topological polar surface area (TPSA) is 89.5 Å². The fourth-order valence-electron chi connectivity index (χ4n) is 3.62. The average Bonchev–Trinajstić information content (AvgIpc) is 2.72. The van der Waals surface area contributed by atoms with Crippen LogP contribution in [0, 0.1) is 0 Å². The molecule has 0 aromatic heterocycles. The number of para-hydroxylation sites is 1. The molecule has 0 saturated heterocycles. The molecule has 0 atom stereocenters. The van der Waals surface area contributed by atoms with Gasteiger partial charge in [-0.25, -0.2) is 13.2 Å². The lowest BCUT2D eigenvalue weighted by molar-refractivity contribution is 0.0476. The molecule has 0 spiro atoms. The maximum absolute atomic E-state index is 12.4. The number of anilines is 1. The van der Waals surface area contributed by atoms with Gasteiger partial charge in [-0.05, 0) is 36.5 Å². The molecule has 3 rings (SSSR count). The molecule has 29 heavy (non-hydrogen) atoms. The summed E-state index contributed by atoms with van der Waals surface area (Å²) >= 11 is 0. The van der Waals surface area contributed by atoms with E-state index >= 15 is 0 Å². The zero-order valence-electron chi connectivity index (χ0n) is 16.4. The molecule has 0 heterocycles. The van der Waals surface area contributed by atoms with Crippen LogP contribution in [0.1, 0.15) is 64.3 Å². The van der Waals surface area contributed by atoms with E-state index in [0.29, 0.717) is 11.5 Å². The van der Waals surface area contributed by atoms with Crippen molar-refractivity contribution in [1.29, 1.82) is 0 Å². The molecule has 7 heteroatoms. The summed E-state index contributed by atoms with van der Waals surface area (Å²) in [5.74, 6) is -0.504. The molecule has 2 aromatic rings. The summed E-state index contributed by atoms with van der Waals surface area (Å²) in [5.41, 5.74) is 1.90. The highest BCUT2D eigenvalue weighted by atomic mass is 32.2. The molecular weight excluding hydrogens is 390 g/mol. The highest BCUT2D eigenvalue weighted by molar-refractivity contribution is 7.92. The molecule has 2 aromatic carbocycles. The van der Waals surface area contributed by atoms with Crippen LogP contribution in [0.2, 0.25) is 0 Å². The molecule has 154 valence electrons. The Morgan fingerprint density at radius 1 is 1.00 bits per heavy atom. The number of hydrogen-bond donors (Lipinski definition) is 1. The van der Waals surface area contributed by atoms with Crippen LogP contribution in [0.5, 0.6) is 0 Å². The highest BCUT2D eigenvalue weighted by Crippen LogP contribution is 2.32. The lowest BCUT2D eigenvalue weighted by Gasteiger charge is -2.22. The van der Waals surface area contributed by atoms with Crippen molar-refractivity contribution in [2.24, 2.45) is 0 Å². The van der Waals surface area contributed by atoms with Crippen molar-refractivity contribution in [1.82, 2.24) is 0 Å². The lowest BCUT2D eigenvalue weighted by atomic mass is 9.84. The lowest BCUT2D eigenvalue weighted by Crippen LogP contribution is -2.17. The van der Waals surface area contributed by atoms with Crippen LogP contribution in [0.4, 0.5) is 5.69 Å². The third-order valence-corrected chi connectivity index (χ3v) is 5.68. The van der Waals surface area contributed by atoms with Crippen LogP contribution in [0.3, 0.4) is 0 Å². The second-order valence-corrected chi connectivity index (χ2v) is 9.12. The predicted octanol–water partition coefficient (Wildman–Crippen LogP) is 4.15. The van der Waals surface area contributed by atoms with Gasteiger partial charge in [-0.15, -0.1) is 0 Å². The molecular formula is C22H25NO5S. The third-order valence-electron chi connectivity index (χ3n) is 5.09. The van der Waals surface area contributed by atoms with Crippen LogP contribution in [-0.4, -0.2) is 33.0 Å². The van der Waals surface area contributed by atoms with E-state index in [4.69, 9.17) is 4.74 Å². The van der Waals surface area contributed by atoms with Crippen molar-refractivity contribution >= 4 is 27.5 Å². The van der Waals surface area contributed by atoms with E-state index in [9.17, 15) is 18.0 Å². The Balaban J connectivity index is 1.61. The molecule has 1 aliphatic carbocycles. The minimum Gasteiger partial charge on any atom is -0.454 e. The van der Waals surface area contributed by atoms with Crippen molar-refractivity contribution in [3.63, 3.8) is 0 Å². The standard InChI is InChI=1S/C22H25NO5S/c1-29(26,27)23-20-10-6-5-9-19(20)22(25)28-15-21(24)18-13-11-17(12-14-18)16-7-3-2-4-8-16/h5-6,9-14,16,23H,2-4,7-8,15H2,1H3. The van der Waals surface area contributed by atoms with E-state index in [1.807, 2.05) is 12.1 Å². The van der Waals surface area contributed by atoms with Gasteiger partial charge in [-0.2, -0.15) is 0 Å². The number of ketones is 1. The van der Waals surface area contributed by atoms with E-state index < -0.39 is 22.6 Å². The summed E-state index contributed by atoms with van der Waals surface area (Å²) in [5, 5.41) is 0. The number of Topliss-reactive ketones (excluding diaryl/α,β-unsaturated/α-hetero) is 1. The SMILES string of the molecule is CS(=O)(=O)Nc1ccccc1C(=O)OCC(=O)c1ccc(C2CCCCC2)cc1. The fourth-order valence-corrected chi connectivity index (χ4v) is 4.20. The number of carbonyl (C=O) groups is 2.